The average Bonchev–Trinajstić information content (AvgIpc) is 3.14. The number of carbonyl (C=O) groups is 2. The van der Waals surface area contributed by atoms with Crippen LogP contribution in [0.4, 0.5) is 4.39 Å². The molecule has 1 aliphatic carbocycles. The van der Waals surface area contributed by atoms with E-state index in [-0.39, 0.29) is 28.7 Å². The number of aromatic nitrogens is 1. The second-order valence-electron chi connectivity index (χ2n) is 6.25. The van der Waals surface area contributed by atoms with E-state index in [9.17, 15) is 14.0 Å². The monoisotopic (exact) mass is 305 g/mol. The molecule has 6 heteroatoms. The predicted molar refractivity (Wildman–Crippen MR) is 78.6 cm³/mol. The summed E-state index contributed by atoms with van der Waals surface area (Å²) in [5.74, 6) is -0.887. The molecule has 1 N–H and O–H groups in total. The van der Waals surface area contributed by atoms with Crippen LogP contribution in [-0.4, -0.2) is 41.8 Å². The van der Waals surface area contributed by atoms with Crippen molar-refractivity contribution in [3.05, 3.63) is 29.8 Å². The van der Waals surface area contributed by atoms with E-state index in [2.05, 4.69) is 10.3 Å². The second kappa shape index (κ2) is 5.66. The minimum absolute atomic E-state index is 0.0439. The van der Waals surface area contributed by atoms with Gasteiger partial charge in [-0.3, -0.25) is 14.6 Å². The topological polar surface area (TPSA) is 62.3 Å². The first-order valence-corrected chi connectivity index (χ1v) is 7.68. The number of nitrogens with one attached hydrogen (secondary N) is 1. The first-order valence-electron chi connectivity index (χ1n) is 7.68. The number of halogens is 1. The number of hydrogen-bond donors (Lipinski definition) is 1. The fourth-order valence-electron chi connectivity index (χ4n) is 4.00. The van der Waals surface area contributed by atoms with Crippen molar-refractivity contribution in [1.29, 1.82) is 0 Å². The lowest BCUT2D eigenvalue weighted by Gasteiger charge is -2.30. The van der Waals surface area contributed by atoms with E-state index in [1.54, 1.807) is 11.9 Å². The van der Waals surface area contributed by atoms with Gasteiger partial charge in [0.05, 0.1) is 11.8 Å². The summed E-state index contributed by atoms with van der Waals surface area (Å²) in [5, 5.41) is 2.73. The largest absolute Gasteiger partial charge is 0.359 e. The lowest BCUT2D eigenvalue weighted by molar-refractivity contribution is -0.127. The Hall–Kier alpha value is -1.98. The van der Waals surface area contributed by atoms with E-state index < -0.39 is 5.82 Å². The van der Waals surface area contributed by atoms with Crippen LogP contribution in [0.3, 0.4) is 0 Å². The number of nitrogens with zero attached hydrogens (tertiary/aromatic N) is 2. The molecular weight excluding hydrogens is 285 g/mol. The van der Waals surface area contributed by atoms with Gasteiger partial charge in [0.1, 0.15) is 0 Å². The maximum Gasteiger partial charge on any atom is 0.256 e. The van der Waals surface area contributed by atoms with Crippen LogP contribution in [-0.2, 0) is 4.79 Å². The third-order valence-corrected chi connectivity index (χ3v) is 5.14. The molecule has 3 rings (SSSR count). The maximum absolute atomic E-state index is 13.7. The minimum atomic E-state index is -0.595. The molecule has 1 aromatic heterocycles. The molecule has 0 bridgehead atoms. The molecule has 0 radical (unpaired) electrons. The van der Waals surface area contributed by atoms with E-state index in [1.165, 1.54) is 12.3 Å². The van der Waals surface area contributed by atoms with Crippen LogP contribution in [0.2, 0.25) is 0 Å². The van der Waals surface area contributed by atoms with Crippen molar-refractivity contribution in [2.75, 3.05) is 20.1 Å². The number of likely N-dealkylation sites (tertiary alicyclic amines) is 1. The van der Waals surface area contributed by atoms with Crippen molar-refractivity contribution in [1.82, 2.24) is 15.2 Å². The summed E-state index contributed by atoms with van der Waals surface area (Å²) in [7, 11) is 1.65. The molecule has 2 aliphatic rings. The highest BCUT2D eigenvalue weighted by molar-refractivity contribution is 5.94. The molecule has 2 amide bonds. The van der Waals surface area contributed by atoms with Crippen molar-refractivity contribution < 1.29 is 14.0 Å². The van der Waals surface area contributed by atoms with Gasteiger partial charge in [0.2, 0.25) is 5.91 Å². The molecule has 22 heavy (non-hydrogen) atoms. The molecule has 2 fully saturated rings. The predicted octanol–water partition coefficient (Wildman–Crippen LogP) is 1.60. The summed E-state index contributed by atoms with van der Waals surface area (Å²) in [6, 6.07) is 1.41. The number of carbonyl (C=O) groups excluding carboxylic acids is 2. The standard InChI is InChI=1S/C16H20FN3O2/c1-18-14(21)12-3-2-5-16(12)6-8-20(10-16)15(22)11-4-7-19-9-13(11)17/h4,7,9,12H,2-3,5-6,8,10H2,1H3,(H,18,21)/t12-,16-/m1/s1. The van der Waals surface area contributed by atoms with Crippen LogP contribution in [0.25, 0.3) is 0 Å². The van der Waals surface area contributed by atoms with Gasteiger partial charge in [-0.15, -0.1) is 0 Å². The molecule has 1 spiro atoms. The lowest BCUT2D eigenvalue weighted by Crippen LogP contribution is -2.40. The minimum Gasteiger partial charge on any atom is -0.359 e. The van der Waals surface area contributed by atoms with Crippen LogP contribution in [0.1, 0.15) is 36.0 Å². The van der Waals surface area contributed by atoms with Crippen LogP contribution >= 0.6 is 0 Å². The smallest absolute Gasteiger partial charge is 0.256 e. The highest BCUT2D eigenvalue weighted by atomic mass is 19.1. The maximum atomic E-state index is 13.7. The molecule has 1 saturated heterocycles. The summed E-state index contributed by atoms with van der Waals surface area (Å²) in [5.41, 5.74) is -0.0826. The zero-order chi connectivity index (χ0) is 15.7. The molecule has 2 atom stereocenters. The van der Waals surface area contributed by atoms with Gasteiger partial charge in [0, 0.05) is 37.7 Å². The first kappa shape index (κ1) is 14.9. The summed E-state index contributed by atoms with van der Waals surface area (Å²) < 4.78 is 13.7. The molecule has 5 nitrogen and oxygen atoms in total. The van der Waals surface area contributed by atoms with Gasteiger partial charge in [0.15, 0.2) is 5.82 Å². The van der Waals surface area contributed by atoms with Gasteiger partial charge in [-0.05, 0) is 25.3 Å². The third-order valence-electron chi connectivity index (χ3n) is 5.14. The number of rotatable bonds is 2. The Bertz CT molecular complexity index is 607. The van der Waals surface area contributed by atoms with Crippen molar-refractivity contribution in [2.24, 2.45) is 11.3 Å². The Morgan fingerprint density at radius 2 is 2.27 bits per heavy atom. The molecule has 1 saturated carbocycles. The second-order valence-corrected chi connectivity index (χ2v) is 6.25. The quantitative estimate of drug-likeness (QED) is 0.903. The Kier molecular flexibility index (Phi) is 3.85. The highest BCUT2D eigenvalue weighted by Crippen LogP contribution is 2.50. The van der Waals surface area contributed by atoms with Crippen molar-refractivity contribution in [2.45, 2.75) is 25.7 Å². The zero-order valence-corrected chi connectivity index (χ0v) is 12.6. The normalized spacial score (nSPS) is 27.4. The Morgan fingerprint density at radius 1 is 1.45 bits per heavy atom. The van der Waals surface area contributed by atoms with Gasteiger partial charge in [0.25, 0.3) is 5.91 Å². The first-order chi connectivity index (χ1) is 10.6. The lowest BCUT2D eigenvalue weighted by atomic mass is 9.76. The third kappa shape index (κ3) is 2.36. The van der Waals surface area contributed by atoms with E-state index in [0.29, 0.717) is 13.1 Å². The van der Waals surface area contributed by atoms with Crippen LogP contribution < -0.4 is 5.32 Å². The number of hydrogen-bond acceptors (Lipinski definition) is 3. The van der Waals surface area contributed by atoms with Gasteiger partial charge >= 0.3 is 0 Å². The SMILES string of the molecule is CNC(=O)[C@H]1CCC[C@]12CCN(C(=O)c1ccncc1F)C2. The van der Waals surface area contributed by atoms with Crippen LogP contribution in [0, 0.1) is 17.2 Å². The van der Waals surface area contributed by atoms with Gasteiger partial charge in [-0.25, -0.2) is 4.39 Å². The average molecular weight is 305 g/mol. The fourth-order valence-corrected chi connectivity index (χ4v) is 4.00. The summed E-state index contributed by atoms with van der Waals surface area (Å²) in [4.78, 5) is 30.0. The Morgan fingerprint density at radius 3 is 3.00 bits per heavy atom. The summed E-state index contributed by atoms with van der Waals surface area (Å²) >= 11 is 0. The molecule has 0 unspecified atom stereocenters. The summed E-state index contributed by atoms with van der Waals surface area (Å²) in [6.45, 7) is 1.11. The van der Waals surface area contributed by atoms with Gasteiger partial charge in [-0.1, -0.05) is 6.42 Å². The highest BCUT2D eigenvalue weighted by Gasteiger charge is 2.51. The molecular formula is C16H20FN3O2. The van der Waals surface area contributed by atoms with Crippen molar-refractivity contribution in [3.8, 4) is 0 Å². The molecule has 0 aromatic carbocycles. The van der Waals surface area contributed by atoms with Crippen LogP contribution in [0.5, 0.6) is 0 Å². The molecule has 1 aromatic rings. The van der Waals surface area contributed by atoms with Crippen molar-refractivity contribution >= 4 is 11.8 Å². The van der Waals surface area contributed by atoms with Crippen molar-refractivity contribution in [3.63, 3.8) is 0 Å². The van der Waals surface area contributed by atoms with E-state index in [1.807, 2.05) is 0 Å². The zero-order valence-electron chi connectivity index (χ0n) is 12.6. The Balaban J connectivity index is 1.79. The Labute approximate surface area is 128 Å². The summed E-state index contributed by atoms with van der Waals surface area (Å²) in [6.07, 6.45) is 6.11. The number of amides is 2. The van der Waals surface area contributed by atoms with Crippen LogP contribution in [0.15, 0.2) is 18.5 Å². The van der Waals surface area contributed by atoms with Gasteiger partial charge in [-0.2, -0.15) is 0 Å². The van der Waals surface area contributed by atoms with E-state index in [0.717, 1.165) is 31.9 Å². The van der Waals surface area contributed by atoms with Gasteiger partial charge < -0.3 is 10.2 Å². The molecule has 1 aliphatic heterocycles. The van der Waals surface area contributed by atoms with E-state index >= 15 is 0 Å². The number of pyridine rings is 1. The van der Waals surface area contributed by atoms with E-state index in [4.69, 9.17) is 0 Å². The molecule has 2 heterocycles. The molecule has 118 valence electrons. The fraction of sp³-hybridized carbons (Fsp3) is 0.562.